The molecule has 0 atom stereocenters. The van der Waals surface area contributed by atoms with E-state index in [2.05, 4.69) is 6.07 Å². The van der Waals surface area contributed by atoms with Crippen molar-refractivity contribution in [1.29, 1.82) is 0 Å². The van der Waals surface area contributed by atoms with Crippen molar-refractivity contribution in [2.75, 3.05) is 0 Å². The number of aromatic nitrogens is 3. The molecular formula is C33H21N3S. The van der Waals surface area contributed by atoms with Gasteiger partial charge in [0, 0.05) is 36.9 Å². The molecule has 0 saturated carbocycles. The van der Waals surface area contributed by atoms with Gasteiger partial charge in [-0.2, -0.15) is 0 Å². The van der Waals surface area contributed by atoms with Crippen LogP contribution in [-0.4, -0.2) is 15.0 Å². The molecule has 7 aromatic rings. The minimum Gasteiger partial charge on any atom is -0.208 e. The Labute approximate surface area is 225 Å². The normalized spacial score (nSPS) is 13.1. The summed E-state index contributed by atoms with van der Waals surface area (Å²) in [6, 6.07) is 29.9. The molecule has 0 fully saturated rings. The molecule has 4 heteroatoms. The van der Waals surface area contributed by atoms with Crippen molar-refractivity contribution in [3.05, 3.63) is 127 Å². The first-order valence-electron chi connectivity index (χ1n) is 14.3. The Morgan fingerprint density at radius 1 is 0.514 bits per heavy atom. The molecule has 0 saturated heterocycles. The predicted molar refractivity (Wildman–Crippen MR) is 154 cm³/mol. The molecule has 0 unspecified atom stereocenters. The smallest absolute Gasteiger partial charge is 0.164 e. The van der Waals surface area contributed by atoms with Gasteiger partial charge in [0.25, 0.3) is 0 Å². The highest BCUT2D eigenvalue weighted by atomic mass is 32.1. The maximum absolute atomic E-state index is 8.52. The molecule has 0 N–H and O–H groups in total. The first kappa shape index (κ1) is 16.9. The molecule has 7 rings (SSSR count). The molecule has 0 aliphatic carbocycles. The van der Waals surface area contributed by atoms with E-state index in [1.165, 1.54) is 11.3 Å². The standard InChI is InChI=1S/C33H21N3S/c1-4-11-22(12-5-1)26-17-10-18-27-28-21-25(19-20-29(28)37-30(26)27)33-35-31(23-13-6-2-7-14-23)34-32(36-33)24-15-8-3-9-16-24/h1-21H/i1D,4D,5D,11D,12D. The number of fused-ring (bicyclic) bond motifs is 3. The monoisotopic (exact) mass is 496 g/mol. The van der Waals surface area contributed by atoms with Gasteiger partial charge in [-0.15, -0.1) is 11.3 Å². The van der Waals surface area contributed by atoms with Crippen LogP contribution < -0.4 is 0 Å². The van der Waals surface area contributed by atoms with E-state index in [0.717, 1.165) is 36.9 Å². The molecular weight excluding hydrogens is 470 g/mol. The molecule has 37 heavy (non-hydrogen) atoms. The highest BCUT2D eigenvalue weighted by Crippen LogP contribution is 2.41. The van der Waals surface area contributed by atoms with Gasteiger partial charge in [-0.3, -0.25) is 0 Å². The molecule has 3 nitrogen and oxygen atoms in total. The van der Waals surface area contributed by atoms with Crippen molar-refractivity contribution in [2.24, 2.45) is 0 Å². The first-order valence-corrected chi connectivity index (χ1v) is 12.6. The van der Waals surface area contributed by atoms with E-state index >= 15 is 0 Å². The van der Waals surface area contributed by atoms with Crippen molar-refractivity contribution < 1.29 is 6.85 Å². The maximum Gasteiger partial charge on any atom is 0.164 e. The molecule has 5 aromatic carbocycles. The number of nitrogens with zero attached hydrogens (tertiary/aromatic N) is 3. The Balaban J connectivity index is 1.43. The summed E-state index contributed by atoms with van der Waals surface area (Å²) >= 11 is 1.53. The van der Waals surface area contributed by atoms with Gasteiger partial charge in [-0.25, -0.2) is 15.0 Å². The van der Waals surface area contributed by atoms with E-state index in [-0.39, 0.29) is 29.7 Å². The van der Waals surface area contributed by atoms with Crippen molar-refractivity contribution in [3.63, 3.8) is 0 Å². The zero-order chi connectivity index (χ0) is 29.0. The maximum atomic E-state index is 8.52. The summed E-state index contributed by atoms with van der Waals surface area (Å²) in [4.78, 5) is 14.5. The van der Waals surface area contributed by atoms with Gasteiger partial charge in [0.15, 0.2) is 17.5 Å². The van der Waals surface area contributed by atoms with Crippen LogP contribution in [0.3, 0.4) is 0 Å². The number of hydrogen-bond donors (Lipinski definition) is 0. The van der Waals surface area contributed by atoms with E-state index < -0.39 is 6.04 Å². The van der Waals surface area contributed by atoms with Crippen LogP contribution in [0.4, 0.5) is 0 Å². The summed E-state index contributed by atoms with van der Waals surface area (Å²) in [5.74, 6) is 1.71. The number of hydrogen-bond acceptors (Lipinski definition) is 4. The third-order valence-corrected chi connectivity index (χ3v) is 7.44. The fourth-order valence-electron chi connectivity index (χ4n) is 4.46. The predicted octanol–water partition coefficient (Wildman–Crippen LogP) is 8.91. The van der Waals surface area contributed by atoms with Crippen LogP contribution in [0.1, 0.15) is 6.85 Å². The second-order valence-corrected chi connectivity index (χ2v) is 9.59. The van der Waals surface area contributed by atoms with Crippen molar-refractivity contribution in [2.45, 2.75) is 0 Å². The summed E-state index contributed by atoms with van der Waals surface area (Å²) < 4.78 is 43.2. The van der Waals surface area contributed by atoms with Crippen LogP contribution in [0.15, 0.2) is 127 Å². The summed E-state index contributed by atoms with van der Waals surface area (Å²) in [6.07, 6.45) is 0. The molecule has 0 aliphatic heterocycles. The third kappa shape index (κ3) is 3.98. The zero-order valence-corrected chi connectivity index (χ0v) is 20.3. The largest absolute Gasteiger partial charge is 0.208 e. The van der Waals surface area contributed by atoms with E-state index in [4.69, 9.17) is 21.8 Å². The molecule has 0 aliphatic rings. The van der Waals surface area contributed by atoms with E-state index in [9.17, 15) is 0 Å². The highest BCUT2D eigenvalue weighted by Gasteiger charge is 2.15. The Hall–Kier alpha value is -4.67. The average molecular weight is 497 g/mol. The van der Waals surface area contributed by atoms with Crippen LogP contribution in [0.2, 0.25) is 0 Å². The van der Waals surface area contributed by atoms with Crippen LogP contribution >= 0.6 is 11.3 Å². The van der Waals surface area contributed by atoms with Gasteiger partial charge in [-0.05, 0) is 29.3 Å². The summed E-state index contributed by atoms with van der Waals surface area (Å²) in [5.41, 5.74) is 3.43. The Morgan fingerprint density at radius 3 is 1.78 bits per heavy atom. The Morgan fingerprint density at radius 2 is 1.14 bits per heavy atom. The van der Waals surface area contributed by atoms with Gasteiger partial charge in [0.2, 0.25) is 0 Å². The van der Waals surface area contributed by atoms with E-state index in [0.29, 0.717) is 23.0 Å². The molecule has 0 spiro atoms. The van der Waals surface area contributed by atoms with Crippen LogP contribution in [0.5, 0.6) is 0 Å². The molecule has 2 heterocycles. The summed E-state index contributed by atoms with van der Waals surface area (Å²) in [6.45, 7) is 0. The van der Waals surface area contributed by atoms with Crippen molar-refractivity contribution in [1.82, 2.24) is 15.0 Å². The Kier molecular flexibility index (Phi) is 4.15. The lowest BCUT2D eigenvalue weighted by Gasteiger charge is -2.08. The number of rotatable bonds is 4. The van der Waals surface area contributed by atoms with Crippen LogP contribution in [0.25, 0.3) is 65.5 Å². The summed E-state index contributed by atoms with van der Waals surface area (Å²) in [5, 5.41) is 1.91. The molecule has 2 aromatic heterocycles. The van der Waals surface area contributed by atoms with Gasteiger partial charge >= 0.3 is 0 Å². The van der Waals surface area contributed by atoms with E-state index in [1.54, 1.807) is 0 Å². The average Bonchev–Trinajstić information content (AvgIpc) is 3.42. The highest BCUT2D eigenvalue weighted by molar-refractivity contribution is 7.26. The van der Waals surface area contributed by atoms with Crippen LogP contribution in [-0.2, 0) is 0 Å². The van der Waals surface area contributed by atoms with Gasteiger partial charge in [-0.1, -0.05) is 109 Å². The van der Waals surface area contributed by atoms with Gasteiger partial charge < -0.3 is 0 Å². The minimum atomic E-state index is -0.399. The first-order chi connectivity index (χ1) is 20.4. The van der Waals surface area contributed by atoms with Gasteiger partial charge in [0.1, 0.15) is 0 Å². The minimum absolute atomic E-state index is 0.204. The number of thiophene rings is 1. The van der Waals surface area contributed by atoms with Crippen molar-refractivity contribution in [3.8, 4) is 45.3 Å². The molecule has 0 radical (unpaired) electrons. The van der Waals surface area contributed by atoms with Gasteiger partial charge in [0.05, 0.1) is 6.85 Å². The number of benzene rings is 5. The molecule has 174 valence electrons. The third-order valence-electron chi connectivity index (χ3n) is 6.22. The second kappa shape index (κ2) is 9.08. The molecule has 0 bridgehead atoms. The molecule has 0 amide bonds. The fraction of sp³-hybridized carbons (Fsp3) is 0. The van der Waals surface area contributed by atoms with Crippen molar-refractivity contribution >= 4 is 31.5 Å². The lowest BCUT2D eigenvalue weighted by atomic mass is 10.0. The Bertz CT molecular complexity index is 2060. The topological polar surface area (TPSA) is 38.7 Å². The quantitative estimate of drug-likeness (QED) is 0.244. The lowest BCUT2D eigenvalue weighted by molar-refractivity contribution is 1.07. The fourth-order valence-corrected chi connectivity index (χ4v) is 5.66. The lowest BCUT2D eigenvalue weighted by Crippen LogP contribution is -2.00. The van der Waals surface area contributed by atoms with E-state index in [1.807, 2.05) is 91.0 Å². The second-order valence-electron chi connectivity index (χ2n) is 8.53. The van der Waals surface area contributed by atoms with Crippen LogP contribution in [0, 0.1) is 0 Å². The zero-order valence-electron chi connectivity index (χ0n) is 24.5. The summed E-state index contributed by atoms with van der Waals surface area (Å²) in [7, 11) is 0. The SMILES string of the molecule is [2H]c1c([2H])c([2H])c(-c2cccc3c2sc2ccc(-c4nc(-c5ccccc5)nc(-c5ccccc5)n4)cc23)c([2H])c1[2H].